The van der Waals surface area contributed by atoms with E-state index in [2.05, 4.69) is 22.4 Å². The highest BCUT2D eigenvalue weighted by Gasteiger charge is 2.39. The first-order valence-corrected chi connectivity index (χ1v) is 7.04. The van der Waals surface area contributed by atoms with Gasteiger partial charge in [-0.25, -0.2) is 0 Å². The summed E-state index contributed by atoms with van der Waals surface area (Å²) >= 11 is 0. The predicted molar refractivity (Wildman–Crippen MR) is 74.9 cm³/mol. The standard InChI is InChI=1S/C14H24N4O/c1-9-6-4-5-7-14(9,8-15)16-13(19)12-10(2)17-18-11(12)3/h9H,4-8,15H2,1-3H3,(H,16,19)(H,17,18). The summed E-state index contributed by atoms with van der Waals surface area (Å²) in [5.74, 6) is 0.366. The van der Waals surface area contributed by atoms with Crippen molar-refractivity contribution < 1.29 is 4.79 Å². The molecular formula is C14H24N4O. The third-order valence-electron chi connectivity index (χ3n) is 4.54. The van der Waals surface area contributed by atoms with E-state index in [9.17, 15) is 4.79 Å². The molecule has 0 spiro atoms. The molecule has 2 unspecified atom stereocenters. The molecule has 106 valence electrons. The summed E-state index contributed by atoms with van der Waals surface area (Å²) in [6.45, 7) is 6.39. The van der Waals surface area contributed by atoms with E-state index in [-0.39, 0.29) is 11.4 Å². The molecule has 0 radical (unpaired) electrons. The average Bonchev–Trinajstić information content (AvgIpc) is 2.72. The first-order chi connectivity index (χ1) is 9.00. The van der Waals surface area contributed by atoms with Crippen molar-refractivity contribution in [3.8, 4) is 0 Å². The second-order valence-corrected chi connectivity index (χ2v) is 5.77. The van der Waals surface area contributed by atoms with Gasteiger partial charge in [-0.1, -0.05) is 19.8 Å². The molecule has 0 aromatic carbocycles. The minimum atomic E-state index is -0.258. The SMILES string of the molecule is Cc1n[nH]c(C)c1C(=O)NC1(CN)CCCCC1C. The maximum absolute atomic E-state index is 12.5. The molecule has 1 fully saturated rings. The number of amides is 1. The molecular weight excluding hydrogens is 240 g/mol. The molecule has 0 bridgehead atoms. The van der Waals surface area contributed by atoms with Crippen LogP contribution in [0.4, 0.5) is 0 Å². The minimum absolute atomic E-state index is 0.0528. The number of hydrogen-bond acceptors (Lipinski definition) is 3. The largest absolute Gasteiger partial charge is 0.345 e. The van der Waals surface area contributed by atoms with Crippen LogP contribution in [0, 0.1) is 19.8 Å². The molecule has 1 aliphatic carbocycles. The van der Waals surface area contributed by atoms with Crippen molar-refractivity contribution in [2.45, 2.75) is 52.0 Å². The number of carbonyl (C=O) groups excluding carboxylic acids is 1. The summed E-state index contributed by atoms with van der Waals surface area (Å²) in [6, 6.07) is 0. The Labute approximate surface area is 114 Å². The van der Waals surface area contributed by atoms with Crippen molar-refractivity contribution in [3.63, 3.8) is 0 Å². The highest BCUT2D eigenvalue weighted by Crippen LogP contribution is 2.33. The molecule has 2 rings (SSSR count). The van der Waals surface area contributed by atoms with Crippen molar-refractivity contribution in [2.75, 3.05) is 6.54 Å². The van der Waals surface area contributed by atoms with Crippen molar-refractivity contribution in [2.24, 2.45) is 11.7 Å². The van der Waals surface area contributed by atoms with Crippen LogP contribution in [-0.4, -0.2) is 28.2 Å². The zero-order valence-corrected chi connectivity index (χ0v) is 12.0. The maximum atomic E-state index is 12.5. The number of nitrogens with two attached hydrogens (primary N) is 1. The molecule has 0 saturated heterocycles. The lowest BCUT2D eigenvalue weighted by molar-refractivity contribution is 0.0811. The number of aromatic nitrogens is 2. The number of nitrogens with zero attached hydrogens (tertiary/aromatic N) is 1. The van der Waals surface area contributed by atoms with Gasteiger partial charge in [-0.2, -0.15) is 5.10 Å². The Morgan fingerprint density at radius 1 is 1.53 bits per heavy atom. The van der Waals surface area contributed by atoms with Gasteiger partial charge in [0.1, 0.15) is 0 Å². The Balaban J connectivity index is 2.21. The monoisotopic (exact) mass is 264 g/mol. The van der Waals surface area contributed by atoms with E-state index in [1.165, 1.54) is 6.42 Å². The maximum Gasteiger partial charge on any atom is 0.255 e. The van der Waals surface area contributed by atoms with Crippen LogP contribution in [0.2, 0.25) is 0 Å². The second kappa shape index (κ2) is 5.33. The molecule has 4 N–H and O–H groups in total. The van der Waals surface area contributed by atoms with Crippen LogP contribution in [0.3, 0.4) is 0 Å². The van der Waals surface area contributed by atoms with E-state index < -0.39 is 0 Å². The second-order valence-electron chi connectivity index (χ2n) is 5.77. The van der Waals surface area contributed by atoms with Crippen LogP contribution in [0.1, 0.15) is 54.4 Å². The molecule has 1 aromatic rings. The van der Waals surface area contributed by atoms with Gasteiger partial charge in [0.25, 0.3) is 5.91 Å². The lowest BCUT2D eigenvalue weighted by Crippen LogP contribution is -2.59. The van der Waals surface area contributed by atoms with Crippen molar-refractivity contribution in [3.05, 3.63) is 17.0 Å². The van der Waals surface area contributed by atoms with E-state index in [1.54, 1.807) is 0 Å². The summed E-state index contributed by atoms with van der Waals surface area (Å²) in [5.41, 5.74) is 7.92. The van der Waals surface area contributed by atoms with Gasteiger partial charge in [0, 0.05) is 12.2 Å². The number of nitrogens with one attached hydrogen (secondary N) is 2. The van der Waals surface area contributed by atoms with Gasteiger partial charge in [0.2, 0.25) is 0 Å². The normalized spacial score (nSPS) is 27.3. The van der Waals surface area contributed by atoms with Gasteiger partial charge in [-0.15, -0.1) is 0 Å². The van der Waals surface area contributed by atoms with Gasteiger partial charge >= 0.3 is 0 Å². The molecule has 1 aromatic heterocycles. The van der Waals surface area contributed by atoms with Crippen molar-refractivity contribution >= 4 is 5.91 Å². The van der Waals surface area contributed by atoms with Gasteiger partial charge in [-0.3, -0.25) is 9.89 Å². The zero-order valence-electron chi connectivity index (χ0n) is 12.0. The molecule has 19 heavy (non-hydrogen) atoms. The van der Waals surface area contributed by atoms with Gasteiger partial charge < -0.3 is 11.1 Å². The fourth-order valence-electron chi connectivity index (χ4n) is 3.13. The Hall–Kier alpha value is -1.36. The van der Waals surface area contributed by atoms with E-state index >= 15 is 0 Å². The number of hydrogen-bond donors (Lipinski definition) is 3. The summed E-state index contributed by atoms with van der Waals surface area (Å²) in [7, 11) is 0. The van der Waals surface area contributed by atoms with Gasteiger partial charge in [-0.05, 0) is 32.6 Å². The quantitative estimate of drug-likeness (QED) is 0.776. The highest BCUT2D eigenvalue weighted by atomic mass is 16.1. The summed E-state index contributed by atoms with van der Waals surface area (Å²) in [4.78, 5) is 12.5. The third-order valence-corrected chi connectivity index (χ3v) is 4.54. The van der Waals surface area contributed by atoms with Crippen LogP contribution in [0.15, 0.2) is 0 Å². The number of rotatable bonds is 3. The average molecular weight is 264 g/mol. The Morgan fingerprint density at radius 2 is 2.26 bits per heavy atom. The molecule has 0 aliphatic heterocycles. The van der Waals surface area contributed by atoms with Crippen LogP contribution >= 0.6 is 0 Å². The molecule has 1 aliphatic rings. The minimum Gasteiger partial charge on any atom is -0.345 e. The Bertz CT molecular complexity index is 449. The van der Waals surface area contributed by atoms with Gasteiger partial charge in [0.05, 0.1) is 16.8 Å². The van der Waals surface area contributed by atoms with Crippen LogP contribution in [0.5, 0.6) is 0 Å². The molecule has 5 heteroatoms. The van der Waals surface area contributed by atoms with E-state index in [1.807, 2.05) is 13.8 Å². The number of H-pyrrole nitrogens is 1. The summed E-state index contributed by atoms with van der Waals surface area (Å²) in [5, 5.41) is 10.1. The number of aromatic amines is 1. The fourth-order valence-corrected chi connectivity index (χ4v) is 3.13. The predicted octanol–water partition coefficient (Wildman–Crippen LogP) is 1.66. The lowest BCUT2D eigenvalue weighted by atomic mass is 9.73. The Kier molecular flexibility index (Phi) is 3.94. The first-order valence-electron chi connectivity index (χ1n) is 7.04. The molecule has 2 atom stereocenters. The van der Waals surface area contributed by atoms with Gasteiger partial charge in [0.15, 0.2) is 0 Å². The summed E-state index contributed by atoms with van der Waals surface area (Å²) in [6.07, 6.45) is 4.45. The zero-order chi connectivity index (χ0) is 14.0. The third kappa shape index (κ3) is 2.52. The topological polar surface area (TPSA) is 83.8 Å². The van der Waals surface area contributed by atoms with Crippen LogP contribution in [0.25, 0.3) is 0 Å². The number of aryl methyl sites for hydroxylation is 2. The number of carbonyl (C=O) groups is 1. The van der Waals surface area contributed by atoms with E-state index in [0.717, 1.165) is 30.7 Å². The lowest BCUT2D eigenvalue weighted by Gasteiger charge is -2.42. The first kappa shape index (κ1) is 14.1. The Morgan fingerprint density at radius 3 is 2.79 bits per heavy atom. The fraction of sp³-hybridized carbons (Fsp3) is 0.714. The van der Waals surface area contributed by atoms with E-state index in [0.29, 0.717) is 18.0 Å². The molecule has 1 amide bonds. The summed E-state index contributed by atoms with van der Waals surface area (Å²) < 4.78 is 0. The van der Waals surface area contributed by atoms with Crippen LogP contribution in [-0.2, 0) is 0 Å². The van der Waals surface area contributed by atoms with Crippen molar-refractivity contribution in [1.29, 1.82) is 0 Å². The van der Waals surface area contributed by atoms with Crippen molar-refractivity contribution in [1.82, 2.24) is 15.5 Å². The molecule has 5 nitrogen and oxygen atoms in total. The van der Waals surface area contributed by atoms with E-state index in [4.69, 9.17) is 5.73 Å². The molecule has 1 saturated carbocycles. The smallest absolute Gasteiger partial charge is 0.255 e. The van der Waals surface area contributed by atoms with Crippen LogP contribution < -0.4 is 11.1 Å². The molecule has 1 heterocycles. The highest BCUT2D eigenvalue weighted by molar-refractivity contribution is 5.96.